The number of alkyl halides is 2. The summed E-state index contributed by atoms with van der Waals surface area (Å²) in [5.74, 6) is 0. The smallest absolute Gasteiger partial charge is 0.140 e. The fraction of sp³-hybridized carbons (Fsp3) is 0.250. The van der Waals surface area contributed by atoms with Gasteiger partial charge in [-0.25, -0.2) is 0 Å². The van der Waals surface area contributed by atoms with Gasteiger partial charge in [-0.2, -0.15) is 0 Å². The maximum Gasteiger partial charge on any atom is 0.140 e. The quantitative estimate of drug-likeness (QED) is 0.602. The SMILES string of the molecule is ClC1(Cl)C=Cc2[nH]ccc2C1. The van der Waals surface area contributed by atoms with Gasteiger partial charge in [0.25, 0.3) is 0 Å². The summed E-state index contributed by atoms with van der Waals surface area (Å²) in [5, 5.41) is 0. The van der Waals surface area contributed by atoms with E-state index in [0.29, 0.717) is 6.42 Å². The topological polar surface area (TPSA) is 15.8 Å². The lowest BCUT2D eigenvalue weighted by molar-refractivity contribution is 0.921. The van der Waals surface area contributed by atoms with Gasteiger partial charge < -0.3 is 4.98 Å². The molecule has 1 aliphatic rings. The summed E-state index contributed by atoms with van der Waals surface area (Å²) < 4.78 is -0.713. The third-order valence-electron chi connectivity index (χ3n) is 1.79. The van der Waals surface area contributed by atoms with Crippen LogP contribution in [0.25, 0.3) is 6.08 Å². The Labute approximate surface area is 75.0 Å². The van der Waals surface area contributed by atoms with Gasteiger partial charge in [-0.15, -0.1) is 0 Å². The highest BCUT2D eigenvalue weighted by molar-refractivity contribution is 6.50. The van der Waals surface area contributed by atoms with Crippen molar-refractivity contribution in [3.63, 3.8) is 0 Å². The van der Waals surface area contributed by atoms with E-state index in [1.807, 2.05) is 18.3 Å². The van der Waals surface area contributed by atoms with Crippen LogP contribution < -0.4 is 0 Å². The fourth-order valence-corrected chi connectivity index (χ4v) is 1.66. The van der Waals surface area contributed by atoms with Crippen LogP contribution in [0.5, 0.6) is 0 Å². The van der Waals surface area contributed by atoms with Gasteiger partial charge in [-0.3, -0.25) is 0 Å². The summed E-state index contributed by atoms with van der Waals surface area (Å²) in [5.41, 5.74) is 2.29. The summed E-state index contributed by atoms with van der Waals surface area (Å²) in [4.78, 5) is 3.09. The van der Waals surface area contributed by atoms with Crippen molar-refractivity contribution in [3.05, 3.63) is 29.6 Å². The standard InChI is InChI=1S/C8H7Cl2N/c9-8(10)3-1-7-6(5-8)2-4-11-7/h1-4,11H,5H2. The van der Waals surface area contributed by atoms with Crippen molar-refractivity contribution in [2.45, 2.75) is 10.8 Å². The summed E-state index contributed by atoms with van der Waals surface area (Å²) in [6.07, 6.45) is 6.30. The van der Waals surface area contributed by atoms with Crippen LogP contribution in [0, 0.1) is 0 Å². The molecule has 58 valence electrons. The monoisotopic (exact) mass is 187 g/mol. The number of aromatic amines is 1. The Kier molecular flexibility index (Phi) is 1.51. The van der Waals surface area contributed by atoms with Crippen LogP contribution in [0.4, 0.5) is 0 Å². The first-order chi connectivity index (χ1) is 5.17. The Morgan fingerprint density at radius 3 is 3.09 bits per heavy atom. The summed E-state index contributed by atoms with van der Waals surface area (Å²) in [7, 11) is 0. The van der Waals surface area contributed by atoms with Crippen molar-refractivity contribution in [2.75, 3.05) is 0 Å². The highest BCUT2D eigenvalue weighted by atomic mass is 35.5. The van der Waals surface area contributed by atoms with E-state index in [9.17, 15) is 0 Å². The molecule has 0 aromatic carbocycles. The molecule has 0 aliphatic heterocycles. The van der Waals surface area contributed by atoms with Crippen LogP contribution in [-0.4, -0.2) is 9.32 Å². The van der Waals surface area contributed by atoms with E-state index in [1.54, 1.807) is 6.08 Å². The molecule has 0 spiro atoms. The number of allylic oxidation sites excluding steroid dienone is 1. The van der Waals surface area contributed by atoms with Crippen molar-refractivity contribution in [1.29, 1.82) is 0 Å². The molecule has 1 aromatic heterocycles. The first kappa shape index (κ1) is 7.26. The van der Waals surface area contributed by atoms with Crippen LogP contribution in [0.3, 0.4) is 0 Å². The van der Waals surface area contributed by atoms with Crippen LogP contribution in [0.1, 0.15) is 11.3 Å². The number of hydrogen-bond acceptors (Lipinski definition) is 0. The van der Waals surface area contributed by atoms with E-state index >= 15 is 0 Å². The number of hydrogen-bond donors (Lipinski definition) is 1. The van der Waals surface area contributed by atoms with E-state index < -0.39 is 4.33 Å². The molecule has 1 aliphatic carbocycles. The number of H-pyrrole nitrogens is 1. The number of rotatable bonds is 0. The van der Waals surface area contributed by atoms with Crippen LogP contribution in [-0.2, 0) is 6.42 Å². The zero-order valence-corrected chi connectivity index (χ0v) is 7.28. The molecule has 0 amide bonds. The molecule has 0 saturated heterocycles. The van der Waals surface area contributed by atoms with E-state index in [2.05, 4.69) is 4.98 Å². The van der Waals surface area contributed by atoms with Crippen LogP contribution in [0.2, 0.25) is 0 Å². The molecule has 3 heteroatoms. The predicted molar refractivity (Wildman–Crippen MR) is 48.0 cm³/mol. The van der Waals surface area contributed by atoms with Crippen molar-refractivity contribution in [1.82, 2.24) is 4.98 Å². The summed E-state index contributed by atoms with van der Waals surface area (Å²) in [6.45, 7) is 0. The Bertz CT molecular complexity index is 299. The summed E-state index contributed by atoms with van der Waals surface area (Å²) >= 11 is 11.8. The molecule has 2 rings (SSSR count). The lowest BCUT2D eigenvalue weighted by atomic mass is 10.0. The molecule has 0 radical (unpaired) electrons. The number of halogens is 2. The van der Waals surface area contributed by atoms with Crippen LogP contribution >= 0.6 is 23.2 Å². The molecule has 0 fully saturated rings. The Morgan fingerprint density at radius 2 is 2.27 bits per heavy atom. The van der Waals surface area contributed by atoms with Gasteiger partial charge in [-0.05, 0) is 23.8 Å². The number of fused-ring (bicyclic) bond motifs is 1. The van der Waals surface area contributed by atoms with Crippen LogP contribution in [0.15, 0.2) is 18.3 Å². The average Bonchev–Trinajstić information content (AvgIpc) is 2.31. The molecule has 0 atom stereocenters. The second-order valence-electron chi connectivity index (χ2n) is 2.69. The fourth-order valence-electron chi connectivity index (χ4n) is 1.24. The average molecular weight is 188 g/mol. The van der Waals surface area contributed by atoms with Gasteiger partial charge in [0.15, 0.2) is 0 Å². The largest absolute Gasteiger partial charge is 0.361 e. The maximum absolute atomic E-state index is 5.92. The van der Waals surface area contributed by atoms with Crippen molar-refractivity contribution < 1.29 is 0 Å². The third-order valence-corrected chi connectivity index (χ3v) is 2.31. The van der Waals surface area contributed by atoms with Gasteiger partial charge >= 0.3 is 0 Å². The zero-order valence-electron chi connectivity index (χ0n) is 5.77. The molecular weight excluding hydrogens is 181 g/mol. The van der Waals surface area contributed by atoms with Gasteiger partial charge in [0.2, 0.25) is 0 Å². The van der Waals surface area contributed by atoms with Gasteiger partial charge in [0, 0.05) is 18.3 Å². The predicted octanol–water partition coefficient (Wildman–Crippen LogP) is 2.76. The molecule has 1 N–H and O–H groups in total. The first-order valence-electron chi connectivity index (χ1n) is 3.41. The molecule has 11 heavy (non-hydrogen) atoms. The normalized spacial score (nSPS) is 19.8. The van der Waals surface area contributed by atoms with E-state index in [0.717, 1.165) is 5.69 Å². The summed E-state index contributed by atoms with van der Waals surface area (Å²) in [6, 6.07) is 2.00. The number of nitrogens with one attached hydrogen (secondary N) is 1. The Morgan fingerprint density at radius 1 is 1.45 bits per heavy atom. The second kappa shape index (κ2) is 2.29. The first-order valence-corrected chi connectivity index (χ1v) is 4.16. The lowest BCUT2D eigenvalue weighted by Crippen LogP contribution is -2.15. The zero-order chi connectivity index (χ0) is 7.90. The highest BCUT2D eigenvalue weighted by Crippen LogP contribution is 2.33. The van der Waals surface area contributed by atoms with Crippen molar-refractivity contribution >= 4 is 29.3 Å². The molecule has 1 nitrogen and oxygen atoms in total. The Balaban J connectivity index is 2.44. The molecular formula is C8H7Cl2N. The van der Waals surface area contributed by atoms with E-state index in [4.69, 9.17) is 23.2 Å². The molecule has 0 bridgehead atoms. The minimum absolute atomic E-state index is 0.686. The maximum atomic E-state index is 5.92. The molecule has 0 saturated carbocycles. The number of aromatic nitrogens is 1. The van der Waals surface area contributed by atoms with Gasteiger partial charge in [-0.1, -0.05) is 23.2 Å². The van der Waals surface area contributed by atoms with Gasteiger partial charge in [0.05, 0.1) is 0 Å². The van der Waals surface area contributed by atoms with Crippen molar-refractivity contribution in [2.24, 2.45) is 0 Å². The lowest BCUT2D eigenvalue weighted by Gasteiger charge is -2.18. The third kappa shape index (κ3) is 1.31. The van der Waals surface area contributed by atoms with E-state index in [1.165, 1.54) is 5.56 Å². The highest BCUT2D eigenvalue weighted by Gasteiger charge is 2.25. The molecule has 1 aromatic rings. The minimum Gasteiger partial charge on any atom is -0.361 e. The van der Waals surface area contributed by atoms with E-state index in [-0.39, 0.29) is 0 Å². The second-order valence-corrected chi connectivity index (χ2v) is 4.23. The minimum atomic E-state index is -0.713. The molecule has 1 heterocycles. The Hall–Kier alpha value is -0.400. The molecule has 0 unspecified atom stereocenters. The van der Waals surface area contributed by atoms with Gasteiger partial charge in [0.1, 0.15) is 4.33 Å². The van der Waals surface area contributed by atoms with Crippen molar-refractivity contribution in [3.8, 4) is 0 Å².